The molecule has 1 rings (SSSR count). The Hall–Kier alpha value is -1.89. The summed E-state index contributed by atoms with van der Waals surface area (Å²) in [5.41, 5.74) is 0.939. The molecule has 1 aromatic heterocycles. The fraction of sp³-hybridized carbons (Fsp3) is 0.500. The van der Waals surface area contributed by atoms with Crippen LogP contribution in [0, 0.1) is 0 Å². The summed E-state index contributed by atoms with van der Waals surface area (Å²) in [6, 6.07) is 1.73. The minimum absolute atomic E-state index is 0.303. The number of carbonyl (C=O) groups is 2. The van der Waals surface area contributed by atoms with Crippen LogP contribution in [0.15, 0.2) is 6.07 Å². The SMILES string of the molecule is CCCc1cc(NC(=O)COCC(=O)O)n[nH]1. The van der Waals surface area contributed by atoms with Crippen LogP contribution in [0.1, 0.15) is 19.0 Å². The Balaban J connectivity index is 2.31. The van der Waals surface area contributed by atoms with Crippen molar-refractivity contribution in [2.45, 2.75) is 19.8 Å². The zero-order valence-corrected chi connectivity index (χ0v) is 9.52. The van der Waals surface area contributed by atoms with Gasteiger partial charge in [-0.25, -0.2) is 4.79 Å². The van der Waals surface area contributed by atoms with Crippen molar-refractivity contribution < 1.29 is 19.4 Å². The van der Waals surface area contributed by atoms with Crippen molar-refractivity contribution in [3.05, 3.63) is 11.8 Å². The molecule has 17 heavy (non-hydrogen) atoms. The van der Waals surface area contributed by atoms with Crippen molar-refractivity contribution in [2.75, 3.05) is 18.5 Å². The maximum absolute atomic E-state index is 11.3. The second kappa shape index (κ2) is 6.64. The van der Waals surface area contributed by atoms with Gasteiger partial charge in [0.25, 0.3) is 5.91 Å². The third-order valence-electron chi connectivity index (χ3n) is 1.88. The van der Waals surface area contributed by atoms with Crippen LogP contribution in [0.2, 0.25) is 0 Å². The van der Waals surface area contributed by atoms with Crippen molar-refractivity contribution >= 4 is 17.7 Å². The lowest BCUT2D eigenvalue weighted by atomic mass is 10.2. The first-order valence-corrected chi connectivity index (χ1v) is 5.25. The van der Waals surface area contributed by atoms with E-state index in [4.69, 9.17) is 5.11 Å². The molecule has 7 nitrogen and oxygen atoms in total. The first-order valence-electron chi connectivity index (χ1n) is 5.25. The number of rotatable bonds is 7. The summed E-state index contributed by atoms with van der Waals surface area (Å²) in [5, 5.41) is 17.5. The molecule has 7 heteroatoms. The zero-order valence-electron chi connectivity index (χ0n) is 9.52. The molecule has 0 saturated heterocycles. The Kier molecular flexibility index (Phi) is 5.15. The van der Waals surface area contributed by atoms with Gasteiger partial charge in [-0.3, -0.25) is 9.89 Å². The van der Waals surface area contributed by atoms with Gasteiger partial charge in [0.05, 0.1) is 0 Å². The largest absolute Gasteiger partial charge is 0.480 e. The molecule has 3 N–H and O–H groups in total. The second-order valence-corrected chi connectivity index (χ2v) is 3.46. The average molecular weight is 241 g/mol. The van der Waals surface area contributed by atoms with Crippen molar-refractivity contribution in [3.63, 3.8) is 0 Å². The molecule has 0 bridgehead atoms. The molecule has 94 valence electrons. The van der Waals surface area contributed by atoms with Gasteiger partial charge in [-0.15, -0.1) is 0 Å². The van der Waals surface area contributed by atoms with E-state index in [0.717, 1.165) is 18.5 Å². The summed E-state index contributed by atoms with van der Waals surface area (Å²) in [6.07, 6.45) is 1.84. The Morgan fingerprint density at radius 3 is 2.94 bits per heavy atom. The summed E-state index contributed by atoms with van der Waals surface area (Å²) in [4.78, 5) is 21.4. The molecule has 0 atom stereocenters. The van der Waals surface area contributed by atoms with Crippen molar-refractivity contribution in [1.29, 1.82) is 0 Å². The molecular weight excluding hydrogens is 226 g/mol. The topological polar surface area (TPSA) is 104 Å². The van der Waals surface area contributed by atoms with Gasteiger partial charge in [-0.1, -0.05) is 13.3 Å². The number of aromatic nitrogens is 2. The van der Waals surface area contributed by atoms with Crippen molar-refractivity contribution in [2.24, 2.45) is 0 Å². The third-order valence-corrected chi connectivity index (χ3v) is 1.88. The number of carbonyl (C=O) groups excluding carboxylic acids is 1. The van der Waals surface area contributed by atoms with Crippen LogP contribution in [0.5, 0.6) is 0 Å². The highest BCUT2D eigenvalue weighted by Crippen LogP contribution is 2.06. The summed E-state index contributed by atoms with van der Waals surface area (Å²) in [6.45, 7) is 1.25. The van der Waals surface area contributed by atoms with Crippen molar-refractivity contribution in [3.8, 4) is 0 Å². The second-order valence-electron chi connectivity index (χ2n) is 3.46. The number of amides is 1. The number of nitrogens with one attached hydrogen (secondary N) is 2. The summed E-state index contributed by atoms with van der Waals surface area (Å²) >= 11 is 0. The van der Waals surface area contributed by atoms with Gasteiger partial charge in [-0.2, -0.15) is 5.10 Å². The molecule has 0 aliphatic heterocycles. The van der Waals surface area contributed by atoms with Gasteiger partial charge in [0.15, 0.2) is 5.82 Å². The fourth-order valence-electron chi connectivity index (χ4n) is 1.23. The fourth-order valence-corrected chi connectivity index (χ4v) is 1.23. The number of aliphatic carboxylic acids is 1. The van der Waals surface area contributed by atoms with Gasteiger partial charge >= 0.3 is 5.97 Å². The Bertz CT molecular complexity index is 389. The lowest BCUT2D eigenvalue weighted by Crippen LogP contribution is -2.20. The number of carboxylic acids is 1. The van der Waals surface area contributed by atoms with E-state index in [1.807, 2.05) is 6.92 Å². The Morgan fingerprint density at radius 1 is 1.53 bits per heavy atom. The first kappa shape index (κ1) is 13.2. The standard InChI is InChI=1S/C10H15N3O4/c1-2-3-7-4-8(13-12-7)11-9(14)5-17-6-10(15)16/h4H,2-3,5-6H2,1H3,(H,15,16)(H2,11,12,13,14). The van der Waals surface area contributed by atoms with Gasteiger partial charge in [-0.05, 0) is 6.42 Å². The van der Waals surface area contributed by atoms with E-state index in [-0.39, 0.29) is 6.61 Å². The molecule has 1 heterocycles. The highest BCUT2D eigenvalue weighted by atomic mass is 16.5. The number of aryl methyl sites for hydroxylation is 1. The molecule has 0 spiro atoms. The summed E-state index contributed by atoms with van der Waals surface area (Å²) in [7, 11) is 0. The third kappa shape index (κ3) is 5.12. The van der Waals surface area contributed by atoms with Crippen LogP contribution >= 0.6 is 0 Å². The average Bonchev–Trinajstić information content (AvgIpc) is 2.65. The smallest absolute Gasteiger partial charge is 0.329 e. The lowest BCUT2D eigenvalue weighted by molar-refractivity contribution is -0.143. The van der Waals surface area contributed by atoms with Crippen LogP contribution in [0.3, 0.4) is 0 Å². The van der Waals surface area contributed by atoms with Crippen LogP contribution in [0.4, 0.5) is 5.82 Å². The number of hydrogen-bond donors (Lipinski definition) is 3. The Labute approximate surface area is 98.2 Å². The summed E-state index contributed by atoms with van der Waals surface area (Å²) in [5.74, 6) is -1.12. The van der Waals surface area contributed by atoms with E-state index in [1.165, 1.54) is 0 Å². The molecule has 1 aromatic rings. The number of aromatic amines is 1. The molecule has 0 radical (unpaired) electrons. The number of hydrogen-bond acceptors (Lipinski definition) is 4. The Morgan fingerprint density at radius 2 is 2.29 bits per heavy atom. The van der Waals surface area contributed by atoms with Crippen LogP contribution in [0.25, 0.3) is 0 Å². The van der Waals surface area contributed by atoms with E-state index in [0.29, 0.717) is 5.82 Å². The quantitative estimate of drug-likeness (QED) is 0.641. The van der Waals surface area contributed by atoms with Crippen LogP contribution in [-0.2, 0) is 20.7 Å². The normalized spacial score (nSPS) is 10.2. The molecule has 0 saturated carbocycles. The van der Waals surface area contributed by atoms with Gasteiger partial charge < -0.3 is 15.2 Å². The zero-order chi connectivity index (χ0) is 12.7. The summed E-state index contributed by atoms with van der Waals surface area (Å²) < 4.78 is 4.63. The van der Waals surface area contributed by atoms with Gasteiger partial charge in [0.2, 0.25) is 0 Å². The number of carboxylic acid groups (broad SMARTS) is 1. The lowest BCUT2D eigenvalue weighted by Gasteiger charge is -2.01. The van der Waals surface area contributed by atoms with Crippen LogP contribution < -0.4 is 5.32 Å². The van der Waals surface area contributed by atoms with Crippen LogP contribution in [-0.4, -0.2) is 40.4 Å². The molecule has 0 aromatic carbocycles. The first-order chi connectivity index (χ1) is 8.11. The maximum Gasteiger partial charge on any atom is 0.329 e. The predicted octanol–water partition coefficient (Wildman–Crippen LogP) is 0.402. The highest BCUT2D eigenvalue weighted by molar-refractivity contribution is 5.90. The molecule has 0 fully saturated rings. The number of ether oxygens (including phenoxy) is 1. The maximum atomic E-state index is 11.3. The predicted molar refractivity (Wildman–Crippen MR) is 59.7 cm³/mol. The van der Waals surface area contributed by atoms with Crippen molar-refractivity contribution in [1.82, 2.24) is 10.2 Å². The number of H-pyrrole nitrogens is 1. The van der Waals surface area contributed by atoms with Gasteiger partial charge in [0.1, 0.15) is 13.2 Å². The number of anilines is 1. The molecular formula is C10H15N3O4. The molecule has 0 aliphatic rings. The van der Waals surface area contributed by atoms with E-state index < -0.39 is 18.5 Å². The van der Waals surface area contributed by atoms with E-state index in [1.54, 1.807) is 6.07 Å². The monoisotopic (exact) mass is 241 g/mol. The van der Waals surface area contributed by atoms with E-state index in [9.17, 15) is 9.59 Å². The minimum atomic E-state index is -1.11. The molecule has 0 aliphatic carbocycles. The molecule has 0 unspecified atom stereocenters. The minimum Gasteiger partial charge on any atom is -0.480 e. The highest BCUT2D eigenvalue weighted by Gasteiger charge is 2.06. The van der Waals surface area contributed by atoms with E-state index >= 15 is 0 Å². The van der Waals surface area contributed by atoms with Gasteiger partial charge in [0, 0.05) is 11.8 Å². The van der Waals surface area contributed by atoms with E-state index in [2.05, 4.69) is 20.3 Å². The number of nitrogens with zero attached hydrogens (tertiary/aromatic N) is 1. The molecule has 1 amide bonds.